The lowest BCUT2D eigenvalue weighted by molar-refractivity contribution is 0.321. The van der Waals surface area contributed by atoms with E-state index in [0.717, 1.165) is 55.8 Å². The average Bonchev–Trinajstić information content (AvgIpc) is 3.34. The van der Waals surface area contributed by atoms with E-state index in [4.69, 9.17) is 14.5 Å². The Hall–Kier alpha value is -2.01. The summed E-state index contributed by atoms with van der Waals surface area (Å²) in [6, 6.07) is 8.41. The maximum Gasteiger partial charge on any atom is 0.191 e. The van der Waals surface area contributed by atoms with Crippen LogP contribution in [0.15, 0.2) is 35.5 Å². The van der Waals surface area contributed by atoms with Gasteiger partial charge in [0.15, 0.2) is 5.96 Å². The normalized spacial score (nSPS) is 16.8. The zero-order chi connectivity index (χ0) is 20.6. The highest BCUT2D eigenvalue weighted by Crippen LogP contribution is 2.24. The molecule has 1 aliphatic rings. The number of nitrogens with zero attached hydrogens (tertiary/aromatic N) is 4. The summed E-state index contributed by atoms with van der Waals surface area (Å²) in [4.78, 5) is 7.16. The van der Waals surface area contributed by atoms with E-state index in [0.29, 0.717) is 12.6 Å². The maximum absolute atomic E-state index is 5.39. The van der Waals surface area contributed by atoms with Crippen LogP contribution in [-0.2, 0) is 20.1 Å². The summed E-state index contributed by atoms with van der Waals surface area (Å²) in [6.45, 7) is 6.39. The number of halogens is 1. The van der Waals surface area contributed by atoms with Gasteiger partial charge in [-0.1, -0.05) is 0 Å². The zero-order valence-electron chi connectivity index (χ0n) is 18.2. The smallest absolute Gasteiger partial charge is 0.191 e. The first-order valence-electron chi connectivity index (χ1n) is 10.1. The summed E-state index contributed by atoms with van der Waals surface area (Å²) in [5.74, 6) is 2.50. The highest BCUT2D eigenvalue weighted by Gasteiger charge is 2.23. The molecule has 0 amide bonds. The Morgan fingerprint density at radius 1 is 1.23 bits per heavy atom. The van der Waals surface area contributed by atoms with Gasteiger partial charge in [0.05, 0.1) is 26.5 Å². The molecular weight excluding hydrogens is 495 g/mol. The van der Waals surface area contributed by atoms with Crippen LogP contribution in [0.1, 0.15) is 24.6 Å². The van der Waals surface area contributed by atoms with E-state index < -0.39 is 0 Å². The van der Waals surface area contributed by atoms with Crippen molar-refractivity contribution in [3.63, 3.8) is 0 Å². The van der Waals surface area contributed by atoms with E-state index >= 15 is 0 Å². The summed E-state index contributed by atoms with van der Waals surface area (Å²) in [5, 5.41) is 11.1. The molecular formula is C21H33IN6O2. The van der Waals surface area contributed by atoms with Gasteiger partial charge in [-0.25, -0.2) is 4.99 Å². The first kappa shape index (κ1) is 24.3. The quantitative estimate of drug-likeness (QED) is 0.312. The number of guanidine groups is 1. The van der Waals surface area contributed by atoms with Gasteiger partial charge in [0.25, 0.3) is 0 Å². The molecule has 1 fully saturated rings. The maximum atomic E-state index is 5.39. The number of aliphatic imine (C=N–C) groups is 1. The van der Waals surface area contributed by atoms with E-state index in [1.165, 1.54) is 5.56 Å². The number of ether oxygens (including phenoxy) is 2. The molecule has 1 aromatic heterocycles. The van der Waals surface area contributed by atoms with Gasteiger partial charge in [-0.15, -0.1) is 24.0 Å². The van der Waals surface area contributed by atoms with Gasteiger partial charge in [-0.05, 0) is 37.1 Å². The number of hydrogen-bond donors (Lipinski definition) is 2. The highest BCUT2D eigenvalue weighted by atomic mass is 127. The Balaban J connectivity index is 0.00000320. The SMILES string of the molecule is CCNC(=NCc1ccnn1C)NC1CCN(Cc2cc(OC)cc(OC)c2)C1.I. The first-order chi connectivity index (χ1) is 14.1. The second-order valence-electron chi connectivity index (χ2n) is 7.23. The third-order valence-corrected chi connectivity index (χ3v) is 5.10. The molecule has 0 saturated carbocycles. The fourth-order valence-electron chi connectivity index (χ4n) is 3.54. The molecule has 2 aromatic rings. The van der Waals surface area contributed by atoms with Crippen LogP contribution in [0.3, 0.4) is 0 Å². The van der Waals surface area contributed by atoms with E-state index in [1.807, 2.05) is 23.9 Å². The van der Waals surface area contributed by atoms with Crippen LogP contribution in [0, 0.1) is 0 Å². The van der Waals surface area contributed by atoms with Crippen molar-refractivity contribution in [2.24, 2.45) is 12.0 Å². The van der Waals surface area contributed by atoms with Crippen LogP contribution < -0.4 is 20.1 Å². The molecule has 8 nitrogen and oxygen atoms in total. The molecule has 0 radical (unpaired) electrons. The lowest BCUT2D eigenvalue weighted by atomic mass is 10.2. The number of aromatic nitrogens is 2. The van der Waals surface area contributed by atoms with Crippen LogP contribution in [-0.4, -0.2) is 60.5 Å². The van der Waals surface area contributed by atoms with Gasteiger partial charge in [0, 0.05) is 51.5 Å². The van der Waals surface area contributed by atoms with Crippen molar-refractivity contribution in [2.75, 3.05) is 33.9 Å². The summed E-state index contributed by atoms with van der Waals surface area (Å²) in [6.07, 6.45) is 2.88. The minimum absolute atomic E-state index is 0. The minimum atomic E-state index is 0. The number of methoxy groups -OCH3 is 2. The molecule has 1 aliphatic heterocycles. The number of benzene rings is 1. The average molecular weight is 528 g/mol. The summed E-state index contributed by atoms with van der Waals surface area (Å²) >= 11 is 0. The molecule has 0 bridgehead atoms. The number of likely N-dealkylation sites (tertiary alicyclic amines) is 1. The molecule has 166 valence electrons. The molecule has 1 unspecified atom stereocenters. The zero-order valence-corrected chi connectivity index (χ0v) is 20.6. The molecule has 30 heavy (non-hydrogen) atoms. The van der Waals surface area contributed by atoms with Gasteiger partial charge in [-0.2, -0.15) is 5.10 Å². The van der Waals surface area contributed by atoms with Crippen molar-refractivity contribution in [1.29, 1.82) is 0 Å². The summed E-state index contributed by atoms with van der Waals surface area (Å²) in [5.41, 5.74) is 2.28. The Labute approximate surface area is 196 Å². The van der Waals surface area contributed by atoms with Crippen molar-refractivity contribution in [3.8, 4) is 11.5 Å². The number of rotatable bonds is 8. The van der Waals surface area contributed by atoms with Gasteiger partial charge in [0.2, 0.25) is 0 Å². The van der Waals surface area contributed by atoms with Crippen LogP contribution in [0.4, 0.5) is 0 Å². The minimum Gasteiger partial charge on any atom is -0.497 e. The third kappa shape index (κ3) is 6.76. The largest absolute Gasteiger partial charge is 0.497 e. The van der Waals surface area contributed by atoms with Crippen molar-refractivity contribution in [3.05, 3.63) is 41.7 Å². The Kier molecular flexibility index (Phi) is 9.70. The fraction of sp³-hybridized carbons (Fsp3) is 0.524. The van der Waals surface area contributed by atoms with Gasteiger partial charge < -0.3 is 20.1 Å². The second kappa shape index (κ2) is 12.0. The monoisotopic (exact) mass is 528 g/mol. The standard InChI is InChI=1S/C21H32N6O2.HI/c1-5-22-21(23-13-18-6-8-24-26(18)2)25-17-7-9-27(15-17)14-16-10-19(28-3)12-20(11-16)29-4;/h6,8,10-12,17H,5,7,9,13-15H2,1-4H3,(H2,22,23,25);1H. The van der Waals surface area contributed by atoms with E-state index in [2.05, 4.69) is 39.7 Å². The molecule has 3 rings (SSSR count). The van der Waals surface area contributed by atoms with Crippen LogP contribution >= 0.6 is 24.0 Å². The molecule has 9 heteroatoms. The van der Waals surface area contributed by atoms with E-state index in [1.54, 1.807) is 20.4 Å². The van der Waals surface area contributed by atoms with Crippen LogP contribution in [0.5, 0.6) is 11.5 Å². The van der Waals surface area contributed by atoms with Crippen molar-refractivity contribution >= 4 is 29.9 Å². The molecule has 0 aliphatic carbocycles. The Morgan fingerprint density at radius 2 is 1.97 bits per heavy atom. The number of hydrogen-bond acceptors (Lipinski definition) is 5. The van der Waals surface area contributed by atoms with Crippen LogP contribution in [0.2, 0.25) is 0 Å². The predicted molar refractivity (Wildman–Crippen MR) is 130 cm³/mol. The van der Waals surface area contributed by atoms with Gasteiger partial charge >= 0.3 is 0 Å². The second-order valence-corrected chi connectivity index (χ2v) is 7.23. The van der Waals surface area contributed by atoms with E-state index in [9.17, 15) is 0 Å². The number of nitrogens with one attached hydrogen (secondary N) is 2. The topological polar surface area (TPSA) is 75.9 Å². The Morgan fingerprint density at radius 3 is 2.57 bits per heavy atom. The molecule has 1 saturated heterocycles. The molecule has 2 heterocycles. The highest BCUT2D eigenvalue weighted by molar-refractivity contribution is 14.0. The molecule has 0 spiro atoms. The number of aryl methyl sites for hydroxylation is 1. The predicted octanol–water partition coefficient (Wildman–Crippen LogP) is 2.38. The lowest BCUT2D eigenvalue weighted by Gasteiger charge is -2.19. The summed E-state index contributed by atoms with van der Waals surface area (Å²) < 4.78 is 12.6. The third-order valence-electron chi connectivity index (χ3n) is 5.10. The van der Waals surface area contributed by atoms with Crippen molar-refractivity contribution < 1.29 is 9.47 Å². The Bertz CT molecular complexity index is 803. The molecule has 1 atom stereocenters. The summed E-state index contributed by atoms with van der Waals surface area (Å²) in [7, 11) is 5.30. The van der Waals surface area contributed by atoms with Crippen molar-refractivity contribution in [2.45, 2.75) is 32.5 Å². The first-order valence-corrected chi connectivity index (χ1v) is 10.1. The van der Waals surface area contributed by atoms with Gasteiger partial charge in [0.1, 0.15) is 11.5 Å². The van der Waals surface area contributed by atoms with Gasteiger partial charge in [-0.3, -0.25) is 9.58 Å². The van der Waals surface area contributed by atoms with E-state index in [-0.39, 0.29) is 24.0 Å². The van der Waals surface area contributed by atoms with Crippen molar-refractivity contribution in [1.82, 2.24) is 25.3 Å². The molecule has 2 N–H and O–H groups in total. The molecule has 1 aromatic carbocycles. The van der Waals surface area contributed by atoms with Crippen LogP contribution in [0.25, 0.3) is 0 Å². The lowest BCUT2D eigenvalue weighted by Crippen LogP contribution is -2.44. The fourth-order valence-corrected chi connectivity index (χ4v) is 3.54.